The monoisotopic (exact) mass is 399 g/mol. The van der Waals surface area contributed by atoms with Crippen molar-refractivity contribution in [2.75, 3.05) is 6.54 Å². The average Bonchev–Trinajstić information content (AvgIpc) is 2.66. The number of nitrogens with one attached hydrogen (secondary N) is 1. The topological polar surface area (TPSA) is 21.3 Å². The van der Waals surface area contributed by atoms with Gasteiger partial charge in [-0.2, -0.15) is 0 Å². The molecule has 2 nitrogen and oxygen atoms in total. The molecule has 0 heterocycles. The van der Waals surface area contributed by atoms with Gasteiger partial charge in [-0.3, -0.25) is 0 Å². The van der Waals surface area contributed by atoms with Gasteiger partial charge in [-0.15, -0.1) is 0 Å². The molecule has 0 aliphatic rings. The van der Waals surface area contributed by atoms with E-state index in [1.165, 1.54) is 16.7 Å². The van der Waals surface area contributed by atoms with Crippen LogP contribution >= 0.6 is 23.2 Å². The zero-order chi connectivity index (χ0) is 19.1. The molecule has 0 radical (unpaired) electrons. The summed E-state index contributed by atoms with van der Waals surface area (Å²) in [5.41, 5.74) is 4.72. The second kappa shape index (κ2) is 9.80. The fourth-order valence-corrected chi connectivity index (χ4v) is 3.28. The van der Waals surface area contributed by atoms with E-state index in [1.807, 2.05) is 24.3 Å². The summed E-state index contributed by atoms with van der Waals surface area (Å²) in [6.45, 7) is 4.29. The fraction of sp³-hybridized carbons (Fsp3) is 0.217. The third-order valence-corrected chi connectivity index (χ3v) is 4.93. The van der Waals surface area contributed by atoms with Gasteiger partial charge in [0, 0.05) is 16.6 Å². The molecule has 0 aliphatic carbocycles. The zero-order valence-electron chi connectivity index (χ0n) is 15.3. The van der Waals surface area contributed by atoms with Gasteiger partial charge in [0.1, 0.15) is 12.4 Å². The van der Waals surface area contributed by atoms with Crippen molar-refractivity contribution in [3.8, 4) is 5.75 Å². The van der Waals surface area contributed by atoms with Crippen LogP contribution in [0, 0.1) is 6.92 Å². The molecule has 0 fully saturated rings. The summed E-state index contributed by atoms with van der Waals surface area (Å²) in [5.74, 6) is 0.885. The van der Waals surface area contributed by atoms with E-state index in [9.17, 15) is 0 Å². The third-order valence-electron chi connectivity index (χ3n) is 4.34. The van der Waals surface area contributed by atoms with Crippen molar-refractivity contribution in [2.24, 2.45) is 0 Å². The molecule has 140 valence electrons. The number of ether oxygens (including phenoxy) is 1. The predicted molar refractivity (Wildman–Crippen MR) is 114 cm³/mol. The van der Waals surface area contributed by atoms with Crippen LogP contribution in [0.2, 0.25) is 10.0 Å². The normalized spacial score (nSPS) is 10.8. The van der Waals surface area contributed by atoms with E-state index in [1.54, 1.807) is 6.07 Å². The van der Waals surface area contributed by atoms with E-state index in [2.05, 4.69) is 48.6 Å². The summed E-state index contributed by atoms with van der Waals surface area (Å²) >= 11 is 12.1. The molecule has 1 N–H and O–H groups in total. The molecule has 0 unspecified atom stereocenters. The largest absolute Gasteiger partial charge is 0.489 e. The summed E-state index contributed by atoms with van der Waals surface area (Å²) in [5, 5.41) is 4.84. The first-order valence-corrected chi connectivity index (χ1v) is 9.78. The summed E-state index contributed by atoms with van der Waals surface area (Å²) in [4.78, 5) is 0. The van der Waals surface area contributed by atoms with E-state index in [0.717, 1.165) is 35.8 Å². The average molecular weight is 400 g/mol. The minimum atomic E-state index is 0.576. The maximum absolute atomic E-state index is 6.21. The molecular formula is C23H23Cl2NO. The van der Waals surface area contributed by atoms with Crippen molar-refractivity contribution in [3.05, 3.63) is 99.0 Å². The Morgan fingerprint density at radius 1 is 0.889 bits per heavy atom. The number of rotatable bonds is 8. The highest BCUT2D eigenvalue weighted by Gasteiger charge is 2.02. The second-order valence-corrected chi connectivity index (χ2v) is 7.43. The van der Waals surface area contributed by atoms with Crippen LogP contribution in [0.15, 0.2) is 66.7 Å². The number of halogens is 2. The van der Waals surface area contributed by atoms with Crippen molar-refractivity contribution >= 4 is 23.2 Å². The molecule has 0 amide bonds. The molecule has 27 heavy (non-hydrogen) atoms. The molecule has 3 aromatic carbocycles. The lowest BCUT2D eigenvalue weighted by Crippen LogP contribution is -2.16. The van der Waals surface area contributed by atoms with Crippen LogP contribution in [0.1, 0.15) is 22.3 Å². The van der Waals surface area contributed by atoms with Crippen molar-refractivity contribution in [1.82, 2.24) is 5.32 Å². The molecular weight excluding hydrogens is 377 g/mol. The number of benzene rings is 3. The number of hydrogen-bond donors (Lipinski definition) is 1. The minimum absolute atomic E-state index is 0.576. The Labute approximate surface area is 171 Å². The van der Waals surface area contributed by atoms with Crippen LogP contribution in [0.3, 0.4) is 0 Å². The first-order chi connectivity index (χ1) is 13.1. The summed E-state index contributed by atoms with van der Waals surface area (Å²) in [7, 11) is 0. The zero-order valence-corrected chi connectivity index (χ0v) is 16.9. The van der Waals surface area contributed by atoms with Gasteiger partial charge in [0.2, 0.25) is 0 Å². The molecule has 3 rings (SSSR count). The smallest absolute Gasteiger partial charge is 0.120 e. The highest BCUT2D eigenvalue weighted by Crippen LogP contribution is 2.21. The lowest BCUT2D eigenvalue weighted by molar-refractivity contribution is 0.306. The molecule has 0 aromatic heterocycles. The lowest BCUT2D eigenvalue weighted by atomic mass is 10.1. The number of aryl methyl sites for hydroxylation is 1. The van der Waals surface area contributed by atoms with Gasteiger partial charge in [-0.25, -0.2) is 0 Å². The van der Waals surface area contributed by atoms with Crippen LogP contribution in [0.5, 0.6) is 5.75 Å². The van der Waals surface area contributed by atoms with Crippen molar-refractivity contribution in [1.29, 1.82) is 0 Å². The van der Waals surface area contributed by atoms with Crippen molar-refractivity contribution < 1.29 is 4.74 Å². The summed E-state index contributed by atoms with van der Waals surface area (Å²) < 4.78 is 5.92. The van der Waals surface area contributed by atoms with Crippen LogP contribution < -0.4 is 10.1 Å². The predicted octanol–water partition coefficient (Wildman–Crippen LogP) is 6.21. The van der Waals surface area contributed by atoms with E-state index >= 15 is 0 Å². The summed E-state index contributed by atoms with van der Waals surface area (Å²) in [6, 6.07) is 22.2. The maximum atomic E-state index is 6.21. The molecule has 3 aromatic rings. The third kappa shape index (κ3) is 6.28. The molecule has 0 spiro atoms. The molecule has 0 saturated carbocycles. The van der Waals surface area contributed by atoms with Gasteiger partial charge in [-0.05, 0) is 60.8 Å². The Balaban J connectivity index is 1.46. The van der Waals surface area contributed by atoms with E-state index < -0.39 is 0 Å². The van der Waals surface area contributed by atoms with Crippen LogP contribution in [-0.2, 0) is 19.6 Å². The van der Waals surface area contributed by atoms with Crippen molar-refractivity contribution in [2.45, 2.75) is 26.5 Å². The Morgan fingerprint density at radius 3 is 2.48 bits per heavy atom. The molecule has 0 atom stereocenters. The Morgan fingerprint density at radius 2 is 1.70 bits per heavy atom. The van der Waals surface area contributed by atoms with Gasteiger partial charge in [0.05, 0.1) is 0 Å². The second-order valence-electron chi connectivity index (χ2n) is 6.58. The highest BCUT2D eigenvalue weighted by molar-refractivity contribution is 6.35. The van der Waals surface area contributed by atoms with Gasteiger partial charge in [-0.1, -0.05) is 71.2 Å². The number of hydrogen-bond acceptors (Lipinski definition) is 2. The Kier molecular flexibility index (Phi) is 7.17. The van der Waals surface area contributed by atoms with E-state index in [4.69, 9.17) is 27.9 Å². The minimum Gasteiger partial charge on any atom is -0.489 e. The Hall–Kier alpha value is -2.00. The van der Waals surface area contributed by atoms with E-state index in [0.29, 0.717) is 11.6 Å². The lowest BCUT2D eigenvalue weighted by Gasteiger charge is -2.10. The van der Waals surface area contributed by atoms with Crippen LogP contribution in [-0.4, -0.2) is 6.54 Å². The van der Waals surface area contributed by atoms with Crippen molar-refractivity contribution in [3.63, 3.8) is 0 Å². The molecule has 0 aliphatic heterocycles. The van der Waals surface area contributed by atoms with Gasteiger partial charge in [0.15, 0.2) is 0 Å². The van der Waals surface area contributed by atoms with E-state index in [-0.39, 0.29) is 0 Å². The molecule has 0 saturated heterocycles. The Bertz CT molecular complexity index is 878. The van der Waals surface area contributed by atoms with Gasteiger partial charge in [0.25, 0.3) is 0 Å². The SMILES string of the molecule is Cc1ccc(COc2cccc(CNCCc3ccc(Cl)cc3Cl)c2)cc1. The maximum Gasteiger partial charge on any atom is 0.120 e. The quantitative estimate of drug-likeness (QED) is 0.454. The van der Waals surface area contributed by atoms with Crippen LogP contribution in [0.4, 0.5) is 0 Å². The van der Waals surface area contributed by atoms with Gasteiger partial charge < -0.3 is 10.1 Å². The first kappa shape index (κ1) is 19.8. The first-order valence-electron chi connectivity index (χ1n) is 9.02. The molecule has 0 bridgehead atoms. The highest BCUT2D eigenvalue weighted by atomic mass is 35.5. The standard InChI is InChI=1S/C23H23Cl2NO/c1-17-5-7-18(8-6-17)16-27-22-4-2-3-19(13-22)15-26-12-11-20-9-10-21(24)14-23(20)25/h2-10,13-14,26H,11-12,15-16H2,1H3. The molecule has 4 heteroatoms. The fourth-order valence-electron chi connectivity index (χ4n) is 2.78. The van der Waals surface area contributed by atoms with Gasteiger partial charge >= 0.3 is 0 Å². The summed E-state index contributed by atoms with van der Waals surface area (Å²) in [6.07, 6.45) is 0.861. The van der Waals surface area contributed by atoms with Crippen LogP contribution in [0.25, 0.3) is 0 Å².